The highest BCUT2D eigenvalue weighted by Gasteiger charge is 2.41. The summed E-state index contributed by atoms with van der Waals surface area (Å²) < 4.78 is 5.40. The van der Waals surface area contributed by atoms with E-state index in [2.05, 4.69) is 10.3 Å². The Labute approximate surface area is 142 Å². The number of nitrogens with zero attached hydrogens (tertiary/aromatic N) is 1. The highest BCUT2D eigenvalue weighted by molar-refractivity contribution is 8.13. The Hall–Kier alpha value is -1.69. The Kier molecular flexibility index (Phi) is 5.24. The molecule has 0 radical (unpaired) electrons. The predicted octanol–water partition coefficient (Wildman–Crippen LogP) is 3.90. The third kappa shape index (κ3) is 4.64. The molecule has 3 N–H and O–H groups in total. The van der Waals surface area contributed by atoms with Gasteiger partial charge in [-0.05, 0) is 64.0 Å². The SMILES string of the molecule is CSC(N)=Nc1cccc(C2(NC(=O)OC(C)(C)C)CCC2)c1. The number of amides is 1. The second-order valence-corrected chi connectivity index (χ2v) is 7.59. The van der Waals surface area contributed by atoms with Crippen molar-refractivity contribution >= 4 is 28.7 Å². The van der Waals surface area contributed by atoms with Crippen LogP contribution in [0.25, 0.3) is 0 Å². The number of hydrogen-bond acceptors (Lipinski definition) is 4. The smallest absolute Gasteiger partial charge is 0.408 e. The molecule has 1 saturated carbocycles. The van der Waals surface area contributed by atoms with Crippen molar-refractivity contribution in [2.24, 2.45) is 10.7 Å². The van der Waals surface area contributed by atoms with Crippen molar-refractivity contribution in [3.05, 3.63) is 29.8 Å². The summed E-state index contributed by atoms with van der Waals surface area (Å²) in [5.41, 5.74) is 6.76. The van der Waals surface area contributed by atoms with Gasteiger partial charge in [-0.3, -0.25) is 0 Å². The van der Waals surface area contributed by atoms with Crippen LogP contribution in [0.4, 0.5) is 10.5 Å². The van der Waals surface area contributed by atoms with Crippen LogP contribution in [0.15, 0.2) is 29.3 Å². The number of ether oxygens (including phenoxy) is 1. The van der Waals surface area contributed by atoms with Gasteiger partial charge in [0, 0.05) is 0 Å². The van der Waals surface area contributed by atoms with Gasteiger partial charge < -0.3 is 15.8 Å². The molecule has 126 valence electrons. The summed E-state index contributed by atoms with van der Waals surface area (Å²) in [4.78, 5) is 16.5. The molecule has 0 saturated heterocycles. The van der Waals surface area contributed by atoms with Crippen molar-refractivity contribution in [1.82, 2.24) is 5.32 Å². The predicted molar refractivity (Wildman–Crippen MR) is 96.1 cm³/mol. The number of nitrogens with two attached hydrogens (primary N) is 1. The Balaban J connectivity index is 2.20. The molecule has 0 heterocycles. The molecule has 6 heteroatoms. The summed E-state index contributed by atoms with van der Waals surface area (Å²) in [7, 11) is 0. The molecular formula is C17H25N3O2S. The number of alkyl carbamates (subject to hydrolysis) is 1. The second-order valence-electron chi connectivity index (χ2n) is 6.77. The fourth-order valence-corrected chi connectivity index (χ4v) is 2.76. The number of carbonyl (C=O) groups excluding carboxylic acids is 1. The summed E-state index contributed by atoms with van der Waals surface area (Å²) in [5, 5.41) is 3.57. The van der Waals surface area contributed by atoms with Gasteiger partial charge in [-0.15, -0.1) is 0 Å². The topological polar surface area (TPSA) is 76.7 Å². The van der Waals surface area contributed by atoms with Crippen molar-refractivity contribution in [3.63, 3.8) is 0 Å². The molecule has 1 fully saturated rings. The normalized spacial score (nSPS) is 17.3. The zero-order valence-corrected chi connectivity index (χ0v) is 15.0. The molecule has 5 nitrogen and oxygen atoms in total. The average Bonchev–Trinajstić information content (AvgIpc) is 2.41. The van der Waals surface area contributed by atoms with Gasteiger partial charge in [-0.2, -0.15) is 0 Å². The summed E-state index contributed by atoms with van der Waals surface area (Å²) in [5.74, 6) is 0. The second kappa shape index (κ2) is 6.83. The van der Waals surface area contributed by atoms with E-state index in [1.807, 2.05) is 51.3 Å². The van der Waals surface area contributed by atoms with Gasteiger partial charge in [0.05, 0.1) is 11.2 Å². The molecule has 23 heavy (non-hydrogen) atoms. The van der Waals surface area contributed by atoms with Gasteiger partial charge in [0.15, 0.2) is 5.17 Å². The Bertz CT molecular complexity index is 604. The van der Waals surface area contributed by atoms with E-state index >= 15 is 0 Å². The first-order valence-electron chi connectivity index (χ1n) is 7.74. The van der Waals surface area contributed by atoms with Crippen LogP contribution < -0.4 is 11.1 Å². The third-order valence-electron chi connectivity index (χ3n) is 3.79. The molecule has 1 aliphatic rings. The minimum atomic E-state index is -0.506. The number of aliphatic imine (C=N–C) groups is 1. The van der Waals surface area contributed by atoms with Crippen LogP contribution in [-0.4, -0.2) is 23.1 Å². The first-order chi connectivity index (χ1) is 10.7. The first-order valence-corrected chi connectivity index (χ1v) is 8.96. The minimum Gasteiger partial charge on any atom is -0.444 e. The number of nitrogens with one attached hydrogen (secondary N) is 1. The van der Waals surface area contributed by atoms with E-state index in [9.17, 15) is 4.79 Å². The number of benzene rings is 1. The Morgan fingerprint density at radius 3 is 2.61 bits per heavy atom. The molecule has 1 aromatic rings. The largest absolute Gasteiger partial charge is 0.444 e. The van der Waals surface area contributed by atoms with E-state index in [4.69, 9.17) is 10.5 Å². The summed E-state index contributed by atoms with van der Waals surface area (Å²) in [6.07, 6.45) is 4.39. The quantitative estimate of drug-likeness (QED) is 0.649. The van der Waals surface area contributed by atoms with Crippen LogP contribution in [0, 0.1) is 0 Å². The van der Waals surface area contributed by atoms with E-state index in [1.54, 1.807) is 0 Å². The van der Waals surface area contributed by atoms with Crippen molar-refractivity contribution < 1.29 is 9.53 Å². The van der Waals surface area contributed by atoms with Gasteiger partial charge in [0.25, 0.3) is 0 Å². The van der Waals surface area contributed by atoms with Crippen LogP contribution >= 0.6 is 11.8 Å². The zero-order chi connectivity index (χ0) is 17.1. The lowest BCUT2D eigenvalue weighted by Crippen LogP contribution is -2.52. The van der Waals surface area contributed by atoms with Gasteiger partial charge in [0.1, 0.15) is 5.60 Å². The molecule has 1 aromatic carbocycles. The highest BCUT2D eigenvalue weighted by Crippen LogP contribution is 2.42. The number of thioether (sulfide) groups is 1. The van der Waals surface area contributed by atoms with E-state index in [0.29, 0.717) is 5.17 Å². The van der Waals surface area contributed by atoms with Crippen LogP contribution in [0.3, 0.4) is 0 Å². The molecule has 2 rings (SSSR count). The van der Waals surface area contributed by atoms with E-state index in [1.165, 1.54) is 11.8 Å². The first kappa shape index (κ1) is 17.7. The molecule has 0 aromatic heterocycles. The summed E-state index contributed by atoms with van der Waals surface area (Å²) >= 11 is 1.41. The lowest BCUT2D eigenvalue weighted by Gasteiger charge is -2.43. The monoisotopic (exact) mass is 335 g/mol. The van der Waals surface area contributed by atoms with E-state index < -0.39 is 5.60 Å². The Morgan fingerprint density at radius 2 is 2.09 bits per heavy atom. The van der Waals surface area contributed by atoms with Gasteiger partial charge >= 0.3 is 6.09 Å². The highest BCUT2D eigenvalue weighted by atomic mass is 32.2. The van der Waals surface area contributed by atoms with Crippen molar-refractivity contribution in [1.29, 1.82) is 0 Å². The summed E-state index contributed by atoms with van der Waals surface area (Å²) in [6.45, 7) is 5.58. The number of carbonyl (C=O) groups is 1. The maximum atomic E-state index is 12.2. The van der Waals surface area contributed by atoms with Crippen molar-refractivity contribution in [3.8, 4) is 0 Å². The van der Waals surface area contributed by atoms with Crippen LogP contribution in [-0.2, 0) is 10.3 Å². The molecule has 0 bridgehead atoms. The summed E-state index contributed by atoms with van der Waals surface area (Å²) in [6, 6.07) is 7.86. The molecule has 0 aliphatic heterocycles. The van der Waals surface area contributed by atoms with Gasteiger partial charge in [-0.1, -0.05) is 23.9 Å². The van der Waals surface area contributed by atoms with Crippen LogP contribution in [0.5, 0.6) is 0 Å². The molecule has 0 atom stereocenters. The van der Waals surface area contributed by atoms with E-state index in [-0.39, 0.29) is 11.6 Å². The van der Waals surface area contributed by atoms with Gasteiger partial charge in [0.2, 0.25) is 0 Å². The van der Waals surface area contributed by atoms with E-state index in [0.717, 1.165) is 30.5 Å². The fourth-order valence-electron chi connectivity index (χ4n) is 2.56. The van der Waals surface area contributed by atoms with Crippen molar-refractivity contribution in [2.45, 2.75) is 51.2 Å². The molecule has 1 aliphatic carbocycles. The van der Waals surface area contributed by atoms with Gasteiger partial charge in [-0.25, -0.2) is 9.79 Å². The maximum Gasteiger partial charge on any atom is 0.408 e. The molecule has 0 unspecified atom stereocenters. The molecule has 0 spiro atoms. The standard InChI is InChI=1S/C17H25N3O2S/c1-16(2,3)22-15(21)20-17(9-6-10-17)12-7-5-8-13(11-12)19-14(18)23-4/h5,7-8,11H,6,9-10H2,1-4H3,(H2,18,19)(H,20,21). The Morgan fingerprint density at radius 1 is 1.39 bits per heavy atom. The fraction of sp³-hybridized carbons (Fsp3) is 0.529. The zero-order valence-electron chi connectivity index (χ0n) is 14.2. The lowest BCUT2D eigenvalue weighted by molar-refractivity contribution is 0.0377. The lowest BCUT2D eigenvalue weighted by atomic mass is 9.72. The third-order valence-corrected chi connectivity index (χ3v) is 4.30. The van der Waals surface area contributed by atoms with Crippen LogP contribution in [0.2, 0.25) is 0 Å². The molecular weight excluding hydrogens is 310 g/mol. The number of amidine groups is 1. The number of rotatable bonds is 3. The molecule has 1 amide bonds. The average molecular weight is 335 g/mol. The van der Waals surface area contributed by atoms with Crippen molar-refractivity contribution in [2.75, 3.05) is 6.26 Å². The minimum absolute atomic E-state index is 0.359. The number of hydrogen-bond donors (Lipinski definition) is 2. The van der Waals surface area contributed by atoms with Crippen LogP contribution in [0.1, 0.15) is 45.6 Å². The maximum absolute atomic E-state index is 12.2.